The largest absolute Gasteiger partial charge is 0.478 e. The Labute approximate surface area is 111 Å². The molecular weight excluding hydrogens is 272 g/mol. The second-order valence-electron chi connectivity index (χ2n) is 3.73. The third-order valence-corrected chi connectivity index (χ3v) is 3.48. The number of benzene rings is 1. The van der Waals surface area contributed by atoms with Crippen molar-refractivity contribution in [3.05, 3.63) is 23.8 Å². The zero-order valence-electron chi connectivity index (χ0n) is 10.4. The number of anilines is 2. The van der Waals surface area contributed by atoms with Crippen LogP contribution in [0.4, 0.5) is 11.4 Å². The van der Waals surface area contributed by atoms with Crippen molar-refractivity contribution in [2.75, 3.05) is 29.4 Å². The average Bonchev–Trinajstić information content (AvgIpc) is 2.28. The molecule has 0 aliphatic rings. The van der Waals surface area contributed by atoms with Gasteiger partial charge in [-0.25, -0.2) is 13.2 Å². The minimum absolute atomic E-state index is 0.0382. The summed E-state index contributed by atoms with van der Waals surface area (Å²) in [5.74, 6) is -1.49. The van der Waals surface area contributed by atoms with Gasteiger partial charge in [-0.2, -0.15) is 0 Å². The van der Waals surface area contributed by atoms with Crippen molar-refractivity contribution in [3.8, 4) is 0 Å². The molecule has 106 valence electrons. The lowest BCUT2D eigenvalue weighted by molar-refractivity contribution is 0.0698. The molecule has 0 saturated heterocycles. The third-order valence-electron chi connectivity index (χ3n) is 2.24. The normalized spacial score (nSPS) is 11.2. The molecule has 0 fully saturated rings. The lowest BCUT2D eigenvalue weighted by Crippen LogP contribution is -2.21. The number of nitrogens with one attached hydrogen (secondary N) is 1. The van der Waals surface area contributed by atoms with E-state index in [-0.39, 0.29) is 29.3 Å². The molecule has 0 amide bonds. The lowest BCUT2D eigenvalue weighted by Gasteiger charge is -2.11. The Hall–Kier alpha value is -1.80. The standard InChI is InChI=1S/C11H16N2O5S/c1-2-18-5-6-19(16,17)13-10-7-8(12)3-4-9(10)11(14)15/h3-4,7,13H,2,5-6,12H2,1H3,(H,14,15). The van der Waals surface area contributed by atoms with E-state index in [1.54, 1.807) is 6.92 Å². The van der Waals surface area contributed by atoms with Crippen LogP contribution in [-0.2, 0) is 14.8 Å². The van der Waals surface area contributed by atoms with Crippen LogP contribution >= 0.6 is 0 Å². The lowest BCUT2D eigenvalue weighted by atomic mass is 10.1. The summed E-state index contributed by atoms with van der Waals surface area (Å²) < 4.78 is 30.6. The second-order valence-corrected chi connectivity index (χ2v) is 5.57. The van der Waals surface area contributed by atoms with Gasteiger partial charge in [0.05, 0.1) is 23.6 Å². The second kappa shape index (κ2) is 6.39. The van der Waals surface area contributed by atoms with E-state index in [1.807, 2.05) is 0 Å². The molecule has 0 unspecified atom stereocenters. The average molecular weight is 288 g/mol. The number of carboxylic acids is 1. The summed E-state index contributed by atoms with van der Waals surface area (Å²) in [6.07, 6.45) is 0. The quantitative estimate of drug-likeness (QED) is 0.503. The number of nitrogen functional groups attached to an aromatic ring is 1. The maximum absolute atomic E-state index is 11.7. The Morgan fingerprint density at radius 2 is 2.16 bits per heavy atom. The number of carbonyl (C=O) groups is 1. The van der Waals surface area contributed by atoms with Crippen LogP contribution in [-0.4, -0.2) is 38.5 Å². The number of aromatic carboxylic acids is 1. The van der Waals surface area contributed by atoms with Crippen molar-refractivity contribution in [1.82, 2.24) is 0 Å². The number of rotatable bonds is 7. The Morgan fingerprint density at radius 3 is 2.74 bits per heavy atom. The molecule has 4 N–H and O–H groups in total. The first-order valence-corrected chi connectivity index (χ1v) is 7.22. The van der Waals surface area contributed by atoms with E-state index in [4.69, 9.17) is 15.6 Å². The van der Waals surface area contributed by atoms with Crippen LogP contribution in [0.2, 0.25) is 0 Å². The number of hydrogen-bond donors (Lipinski definition) is 3. The summed E-state index contributed by atoms with van der Waals surface area (Å²) in [5.41, 5.74) is 5.58. The van der Waals surface area contributed by atoms with E-state index in [9.17, 15) is 13.2 Å². The highest BCUT2D eigenvalue weighted by Crippen LogP contribution is 2.20. The third kappa shape index (κ3) is 4.76. The zero-order chi connectivity index (χ0) is 14.5. The van der Waals surface area contributed by atoms with Crippen LogP contribution in [0.1, 0.15) is 17.3 Å². The summed E-state index contributed by atoms with van der Waals surface area (Å²) in [5, 5.41) is 8.97. The maximum atomic E-state index is 11.7. The Kier molecular flexibility index (Phi) is 5.13. The minimum atomic E-state index is -3.67. The van der Waals surface area contributed by atoms with Gasteiger partial charge in [0.25, 0.3) is 0 Å². The maximum Gasteiger partial charge on any atom is 0.337 e. The van der Waals surface area contributed by atoms with E-state index in [0.29, 0.717) is 6.61 Å². The van der Waals surface area contributed by atoms with Gasteiger partial charge in [-0.3, -0.25) is 4.72 Å². The van der Waals surface area contributed by atoms with Crippen molar-refractivity contribution in [2.24, 2.45) is 0 Å². The van der Waals surface area contributed by atoms with Gasteiger partial charge < -0.3 is 15.6 Å². The first-order valence-electron chi connectivity index (χ1n) is 5.57. The fourth-order valence-corrected chi connectivity index (χ4v) is 2.31. The van der Waals surface area contributed by atoms with Gasteiger partial charge in [0.2, 0.25) is 10.0 Å². The number of carboxylic acid groups (broad SMARTS) is 1. The van der Waals surface area contributed by atoms with Gasteiger partial charge in [-0.1, -0.05) is 0 Å². The van der Waals surface area contributed by atoms with Crippen molar-refractivity contribution >= 4 is 27.4 Å². The minimum Gasteiger partial charge on any atom is -0.478 e. The van der Waals surface area contributed by atoms with Gasteiger partial charge in [-0.15, -0.1) is 0 Å². The van der Waals surface area contributed by atoms with Crippen LogP contribution in [0.25, 0.3) is 0 Å². The fraction of sp³-hybridized carbons (Fsp3) is 0.364. The van der Waals surface area contributed by atoms with E-state index in [1.165, 1.54) is 18.2 Å². The van der Waals surface area contributed by atoms with Crippen LogP contribution in [0.3, 0.4) is 0 Å². The van der Waals surface area contributed by atoms with E-state index in [2.05, 4.69) is 4.72 Å². The SMILES string of the molecule is CCOCCS(=O)(=O)Nc1cc(N)ccc1C(=O)O. The first-order chi connectivity index (χ1) is 8.85. The number of nitrogens with two attached hydrogens (primary N) is 1. The zero-order valence-corrected chi connectivity index (χ0v) is 11.2. The molecule has 1 aromatic rings. The molecule has 0 heterocycles. The van der Waals surface area contributed by atoms with Crippen LogP contribution in [0.5, 0.6) is 0 Å². The van der Waals surface area contributed by atoms with E-state index in [0.717, 1.165) is 0 Å². The summed E-state index contributed by atoms with van der Waals surface area (Å²) in [6, 6.07) is 3.90. The highest BCUT2D eigenvalue weighted by molar-refractivity contribution is 7.92. The van der Waals surface area contributed by atoms with Crippen LogP contribution in [0.15, 0.2) is 18.2 Å². The summed E-state index contributed by atoms with van der Waals surface area (Å²) >= 11 is 0. The molecule has 0 aromatic heterocycles. The predicted molar refractivity (Wildman–Crippen MR) is 71.7 cm³/mol. The van der Waals surface area contributed by atoms with Crippen molar-refractivity contribution in [2.45, 2.75) is 6.92 Å². The molecule has 0 bridgehead atoms. The topological polar surface area (TPSA) is 119 Å². The molecule has 0 aliphatic heterocycles. The van der Waals surface area contributed by atoms with Gasteiger partial charge in [0, 0.05) is 12.3 Å². The van der Waals surface area contributed by atoms with Gasteiger partial charge >= 0.3 is 5.97 Å². The molecule has 0 aliphatic carbocycles. The highest BCUT2D eigenvalue weighted by atomic mass is 32.2. The molecule has 1 rings (SSSR count). The summed E-state index contributed by atoms with van der Waals surface area (Å²) in [6.45, 7) is 2.20. The number of ether oxygens (including phenoxy) is 1. The monoisotopic (exact) mass is 288 g/mol. The molecule has 0 spiro atoms. The number of sulfonamides is 1. The highest BCUT2D eigenvalue weighted by Gasteiger charge is 2.16. The Morgan fingerprint density at radius 1 is 1.47 bits per heavy atom. The van der Waals surface area contributed by atoms with Gasteiger partial charge in [0.1, 0.15) is 0 Å². The number of hydrogen-bond acceptors (Lipinski definition) is 5. The smallest absolute Gasteiger partial charge is 0.337 e. The van der Waals surface area contributed by atoms with Gasteiger partial charge in [-0.05, 0) is 25.1 Å². The van der Waals surface area contributed by atoms with Crippen molar-refractivity contribution in [1.29, 1.82) is 0 Å². The molecule has 1 aromatic carbocycles. The molecule has 19 heavy (non-hydrogen) atoms. The van der Waals surface area contributed by atoms with E-state index < -0.39 is 16.0 Å². The molecule has 0 radical (unpaired) electrons. The first kappa shape index (κ1) is 15.3. The Bertz CT molecular complexity index is 556. The molecule has 8 heteroatoms. The molecule has 0 atom stereocenters. The molecular formula is C11H16N2O5S. The van der Waals surface area contributed by atoms with E-state index >= 15 is 0 Å². The molecule has 7 nitrogen and oxygen atoms in total. The molecule has 0 saturated carbocycles. The van der Waals surface area contributed by atoms with Crippen molar-refractivity contribution in [3.63, 3.8) is 0 Å². The van der Waals surface area contributed by atoms with Crippen molar-refractivity contribution < 1.29 is 23.1 Å². The summed E-state index contributed by atoms with van der Waals surface area (Å²) in [4.78, 5) is 11.0. The van der Waals surface area contributed by atoms with Gasteiger partial charge in [0.15, 0.2) is 0 Å². The summed E-state index contributed by atoms with van der Waals surface area (Å²) in [7, 11) is -3.67. The fourth-order valence-electron chi connectivity index (χ4n) is 1.36. The van der Waals surface area contributed by atoms with Crippen LogP contribution in [0, 0.1) is 0 Å². The van der Waals surface area contributed by atoms with Crippen LogP contribution < -0.4 is 10.5 Å². The Balaban J connectivity index is 2.92. The predicted octanol–water partition coefficient (Wildman–Crippen LogP) is 0.745.